The van der Waals surface area contributed by atoms with Gasteiger partial charge in [-0.25, -0.2) is 4.68 Å². The van der Waals surface area contributed by atoms with Crippen LogP contribution in [0.25, 0.3) is 11.0 Å². The van der Waals surface area contributed by atoms with Gasteiger partial charge in [0, 0.05) is 6.54 Å². The van der Waals surface area contributed by atoms with E-state index >= 15 is 0 Å². The molecule has 0 fully saturated rings. The van der Waals surface area contributed by atoms with Crippen molar-refractivity contribution in [1.82, 2.24) is 19.7 Å². The summed E-state index contributed by atoms with van der Waals surface area (Å²) in [6.07, 6.45) is 6.30. The van der Waals surface area contributed by atoms with Crippen LogP contribution >= 0.6 is 0 Å². The van der Waals surface area contributed by atoms with Crippen LogP contribution in [0.2, 0.25) is 0 Å². The van der Waals surface area contributed by atoms with Crippen LogP contribution in [-0.4, -0.2) is 26.3 Å². The van der Waals surface area contributed by atoms with Gasteiger partial charge in [0.15, 0.2) is 5.65 Å². The number of aromatic amines is 1. The SMILES string of the molecule is CCCCCCNc1nc2c(cnn2C(C)(C)C)c(=O)[nH]1. The maximum atomic E-state index is 12.1. The summed E-state index contributed by atoms with van der Waals surface area (Å²) in [6.45, 7) is 9.13. The number of hydrogen-bond donors (Lipinski definition) is 2. The van der Waals surface area contributed by atoms with Crippen LogP contribution in [0, 0.1) is 0 Å². The van der Waals surface area contributed by atoms with Crippen molar-refractivity contribution in [2.75, 3.05) is 11.9 Å². The molecule has 0 saturated carbocycles. The summed E-state index contributed by atoms with van der Waals surface area (Å²) in [5.74, 6) is 0.523. The lowest BCUT2D eigenvalue weighted by Gasteiger charge is -2.19. The Hall–Kier alpha value is -1.85. The molecular formula is C15H25N5O. The van der Waals surface area contributed by atoms with Crippen LogP contribution in [0.1, 0.15) is 53.4 Å². The van der Waals surface area contributed by atoms with E-state index in [2.05, 4.69) is 27.3 Å². The number of aromatic nitrogens is 4. The van der Waals surface area contributed by atoms with Crippen molar-refractivity contribution in [2.45, 2.75) is 58.9 Å². The third kappa shape index (κ3) is 3.62. The van der Waals surface area contributed by atoms with Crippen LogP contribution in [0.5, 0.6) is 0 Å². The summed E-state index contributed by atoms with van der Waals surface area (Å²) in [6, 6.07) is 0. The molecule has 2 rings (SSSR count). The molecule has 0 spiro atoms. The molecule has 0 aromatic carbocycles. The summed E-state index contributed by atoms with van der Waals surface area (Å²) in [5, 5.41) is 8.02. The molecule has 0 atom stereocenters. The first-order chi connectivity index (χ1) is 9.93. The molecule has 21 heavy (non-hydrogen) atoms. The zero-order valence-electron chi connectivity index (χ0n) is 13.4. The monoisotopic (exact) mass is 291 g/mol. The maximum Gasteiger partial charge on any atom is 0.263 e. The standard InChI is InChI=1S/C15H25N5O/c1-5-6-7-8-9-16-14-18-12-11(13(21)19-14)10-17-20(12)15(2,3)4/h10H,5-9H2,1-4H3,(H2,16,18,19,21). The number of anilines is 1. The third-order valence-corrected chi connectivity index (χ3v) is 3.40. The summed E-state index contributed by atoms with van der Waals surface area (Å²) >= 11 is 0. The van der Waals surface area contributed by atoms with E-state index < -0.39 is 0 Å². The second-order valence-corrected chi connectivity index (χ2v) is 6.37. The van der Waals surface area contributed by atoms with Gasteiger partial charge >= 0.3 is 0 Å². The van der Waals surface area contributed by atoms with Crippen molar-refractivity contribution in [3.8, 4) is 0 Å². The lowest BCUT2D eigenvalue weighted by atomic mass is 10.1. The van der Waals surface area contributed by atoms with Crippen LogP contribution in [0.15, 0.2) is 11.0 Å². The van der Waals surface area contributed by atoms with E-state index in [-0.39, 0.29) is 11.1 Å². The van der Waals surface area contributed by atoms with Crippen LogP contribution in [-0.2, 0) is 5.54 Å². The van der Waals surface area contributed by atoms with Crippen LogP contribution in [0.4, 0.5) is 5.95 Å². The van der Waals surface area contributed by atoms with E-state index in [9.17, 15) is 4.79 Å². The number of fused-ring (bicyclic) bond motifs is 1. The Labute approximate surface area is 125 Å². The van der Waals surface area contributed by atoms with E-state index in [4.69, 9.17) is 0 Å². The number of nitrogens with zero attached hydrogens (tertiary/aromatic N) is 3. The molecule has 0 saturated heterocycles. The minimum absolute atomic E-state index is 0.147. The number of rotatable bonds is 6. The van der Waals surface area contributed by atoms with Gasteiger partial charge < -0.3 is 5.32 Å². The fraction of sp³-hybridized carbons (Fsp3) is 0.667. The van der Waals surface area contributed by atoms with Gasteiger partial charge in [-0.2, -0.15) is 10.1 Å². The number of hydrogen-bond acceptors (Lipinski definition) is 4. The molecule has 6 nitrogen and oxygen atoms in total. The smallest absolute Gasteiger partial charge is 0.263 e. The molecule has 2 heterocycles. The minimum atomic E-state index is -0.207. The number of H-pyrrole nitrogens is 1. The van der Waals surface area contributed by atoms with Gasteiger partial charge in [0.1, 0.15) is 5.39 Å². The first-order valence-electron chi connectivity index (χ1n) is 7.66. The van der Waals surface area contributed by atoms with Crippen molar-refractivity contribution in [3.05, 3.63) is 16.6 Å². The zero-order valence-corrected chi connectivity index (χ0v) is 13.4. The van der Waals surface area contributed by atoms with Crippen molar-refractivity contribution in [1.29, 1.82) is 0 Å². The first-order valence-corrected chi connectivity index (χ1v) is 7.66. The summed E-state index contributed by atoms with van der Waals surface area (Å²) in [5.41, 5.74) is 0.273. The lowest BCUT2D eigenvalue weighted by Crippen LogP contribution is -2.24. The van der Waals surface area contributed by atoms with Crippen molar-refractivity contribution in [2.24, 2.45) is 0 Å². The Balaban J connectivity index is 2.20. The second-order valence-electron chi connectivity index (χ2n) is 6.37. The average molecular weight is 291 g/mol. The molecule has 0 amide bonds. The van der Waals surface area contributed by atoms with Crippen LogP contribution < -0.4 is 10.9 Å². The fourth-order valence-corrected chi connectivity index (χ4v) is 2.25. The van der Waals surface area contributed by atoms with E-state index in [0.717, 1.165) is 13.0 Å². The van der Waals surface area contributed by atoms with Crippen molar-refractivity contribution in [3.63, 3.8) is 0 Å². The van der Waals surface area contributed by atoms with E-state index in [1.165, 1.54) is 19.3 Å². The Kier molecular flexibility index (Phi) is 4.65. The molecule has 0 bridgehead atoms. The van der Waals surface area contributed by atoms with Gasteiger partial charge in [0.25, 0.3) is 5.56 Å². The summed E-state index contributed by atoms with van der Waals surface area (Å²) < 4.78 is 1.79. The molecule has 0 aliphatic heterocycles. The Morgan fingerprint density at radius 1 is 1.29 bits per heavy atom. The molecule has 6 heteroatoms. The summed E-state index contributed by atoms with van der Waals surface area (Å²) in [7, 11) is 0. The molecule has 2 N–H and O–H groups in total. The predicted octanol–water partition coefficient (Wildman–Crippen LogP) is 2.87. The fourth-order valence-electron chi connectivity index (χ4n) is 2.25. The van der Waals surface area contributed by atoms with E-state index in [0.29, 0.717) is 17.0 Å². The highest BCUT2D eigenvalue weighted by atomic mass is 16.1. The van der Waals surface area contributed by atoms with E-state index in [1.54, 1.807) is 10.9 Å². The molecule has 116 valence electrons. The second kappa shape index (κ2) is 6.28. The van der Waals surface area contributed by atoms with Gasteiger partial charge in [-0.15, -0.1) is 0 Å². The average Bonchev–Trinajstić information content (AvgIpc) is 2.82. The third-order valence-electron chi connectivity index (χ3n) is 3.40. The molecular weight excluding hydrogens is 266 g/mol. The van der Waals surface area contributed by atoms with Gasteiger partial charge in [0.2, 0.25) is 5.95 Å². The predicted molar refractivity (Wildman–Crippen MR) is 85.8 cm³/mol. The van der Waals surface area contributed by atoms with Crippen molar-refractivity contribution >= 4 is 17.0 Å². The molecule has 2 aromatic rings. The van der Waals surface area contributed by atoms with Crippen molar-refractivity contribution < 1.29 is 0 Å². The van der Waals surface area contributed by atoms with Gasteiger partial charge in [-0.1, -0.05) is 26.2 Å². The van der Waals surface area contributed by atoms with Gasteiger partial charge in [-0.05, 0) is 27.2 Å². The van der Waals surface area contributed by atoms with E-state index in [1.807, 2.05) is 20.8 Å². The number of unbranched alkanes of at least 4 members (excludes halogenated alkanes) is 3. The highest BCUT2D eigenvalue weighted by molar-refractivity contribution is 5.74. The Morgan fingerprint density at radius 3 is 2.71 bits per heavy atom. The zero-order chi connectivity index (χ0) is 15.5. The molecule has 0 aliphatic rings. The Morgan fingerprint density at radius 2 is 2.05 bits per heavy atom. The maximum absolute atomic E-state index is 12.1. The van der Waals surface area contributed by atoms with Crippen LogP contribution in [0.3, 0.4) is 0 Å². The largest absolute Gasteiger partial charge is 0.356 e. The minimum Gasteiger partial charge on any atom is -0.356 e. The number of nitrogens with one attached hydrogen (secondary N) is 2. The quantitative estimate of drug-likeness (QED) is 0.802. The molecule has 0 unspecified atom stereocenters. The van der Waals surface area contributed by atoms with Gasteiger partial charge in [-0.3, -0.25) is 9.78 Å². The highest BCUT2D eigenvalue weighted by Crippen LogP contribution is 2.18. The first kappa shape index (κ1) is 15.5. The normalized spacial score (nSPS) is 12.0. The molecule has 0 aliphatic carbocycles. The highest BCUT2D eigenvalue weighted by Gasteiger charge is 2.19. The lowest BCUT2D eigenvalue weighted by molar-refractivity contribution is 0.366. The Bertz CT molecular complexity index is 650. The topological polar surface area (TPSA) is 75.6 Å². The summed E-state index contributed by atoms with van der Waals surface area (Å²) in [4.78, 5) is 19.4. The molecule has 2 aromatic heterocycles. The van der Waals surface area contributed by atoms with Gasteiger partial charge in [0.05, 0.1) is 11.7 Å². The molecule has 0 radical (unpaired) electrons.